The second kappa shape index (κ2) is 9.97. The number of rotatable bonds is 7. The lowest BCUT2D eigenvalue weighted by Crippen LogP contribution is -2.48. The Morgan fingerprint density at radius 1 is 0.906 bits per heavy atom. The SMILES string of the molecule is O=C(NCCN1CCN(c2ccccc2F)CC1)c1ccc(S(=O)(=O)N2CCCC2)cc1. The van der Waals surface area contributed by atoms with Crippen molar-refractivity contribution in [3.8, 4) is 0 Å². The normalized spacial score (nSPS) is 18.1. The maximum atomic E-state index is 14.0. The molecule has 2 aromatic carbocycles. The van der Waals surface area contributed by atoms with Gasteiger partial charge in [0.25, 0.3) is 5.91 Å². The average molecular weight is 461 g/mol. The number of anilines is 1. The summed E-state index contributed by atoms with van der Waals surface area (Å²) in [6.07, 6.45) is 1.77. The minimum atomic E-state index is -3.47. The molecule has 2 saturated heterocycles. The lowest BCUT2D eigenvalue weighted by Gasteiger charge is -2.36. The monoisotopic (exact) mass is 460 g/mol. The Labute approximate surface area is 188 Å². The number of halogens is 1. The first-order chi connectivity index (χ1) is 15.4. The minimum absolute atomic E-state index is 0.201. The van der Waals surface area contributed by atoms with E-state index in [1.54, 1.807) is 24.3 Å². The third kappa shape index (κ3) is 5.11. The summed E-state index contributed by atoms with van der Waals surface area (Å²) in [4.78, 5) is 16.9. The Morgan fingerprint density at radius 2 is 1.56 bits per heavy atom. The quantitative estimate of drug-likeness (QED) is 0.686. The Hall–Kier alpha value is -2.49. The van der Waals surface area contributed by atoms with Gasteiger partial charge in [0.15, 0.2) is 0 Å². The standard InChI is InChI=1S/C23H29FN4O3S/c24-21-5-1-2-6-22(21)27-17-15-26(16-18-27)14-11-25-23(29)19-7-9-20(10-8-19)32(30,31)28-12-3-4-13-28/h1-2,5-10H,3-4,11-18H2,(H,25,29). The van der Waals surface area contributed by atoms with Crippen molar-refractivity contribution in [2.45, 2.75) is 17.7 Å². The summed E-state index contributed by atoms with van der Waals surface area (Å²) in [5, 5.41) is 2.90. The van der Waals surface area contributed by atoms with E-state index in [1.165, 1.54) is 22.5 Å². The highest BCUT2D eigenvalue weighted by Crippen LogP contribution is 2.21. The third-order valence-electron chi connectivity index (χ3n) is 6.10. The smallest absolute Gasteiger partial charge is 0.251 e. The number of hydrogen-bond donors (Lipinski definition) is 1. The predicted octanol–water partition coefficient (Wildman–Crippen LogP) is 2.16. The topological polar surface area (TPSA) is 73.0 Å². The molecule has 2 aliphatic heterocycles. The van der Waals surface area contributed by atoms with Gasteiger partial charge < -0.3 is 10.2 Å². The van der Waals surface area contributed by atoms with Crippen molar-refractivity contribution >= 4 is 21.6 Å². The van der Waals surface area contributed by atoms with Crippen molar-refractivity contribution in [2.24, 2.45) is 0 Å². The van der Waals surface area contributed by atoms with E-state index in [0.29, 0.717) is 37.4 Å². The van der Waals surface area contributed by atoms with Gasteiger partial charge >= 0.3 is 0 Å². The van der Waals surface area contributed by atoms with E-state index in [2.05, 4.69) is 10.2 Å². The second-order valence-electron chi connectivity index (χ2n) is 8.17. The number of carbonyl (C=O) groups excluding carboxylic acids is 1. The summed E-state index contributed by atoms with van der Waals surface area (Å²) < 4.78 is 40.6. The van der Waals surface area contributed by atoms with Crippen molar-refractivity contribution in [2.75, 3.05) is 57.3 Å². The predicted molar refractivity (Wildman–Crippen MR) is 122 cm³/mol. The molecule has 2 heterocycles. The molecule has 9 heteroatoms. The zero-order valence-electron chi connectivity index (χ0n) is 18.0. The van der Waals surface area contributed by atoms with Crippen molar-refractivity contribution < 1.29 is 17.6 Å². The van der Waals surface area contributed by atoms with Gasteiger partial charge in [0.05, 0.1) is 10.6 Å². The average Bonchev–Trinajstić information content (AvgIpc) is 3.36. The Morgan fingerprint density at radius 3 is 2.22 bits per heavy atom. The van der Waals surface area contributed by atoms with Crippen molar-refractivity contribution in [1.29, 1.82) is 0 Å². The molecular formula is C23H29FN4O3S. The van der Waals surface area contributed by atoms with Gasteiger partial charge in [-0.3, -0.25) is 9.69 Å². The van der Waals surface area contributed by atoms with E-state index in [4.69, 9.17) is 0 Å². The zero-order chi connectivity index (χ0) is 22.6. The van der Waals surface area contributed by atoms with E-state index >= 15 is 0 Å². The highest BCUT2D eigenvalue weighted by Gasteiger charge is 2.27. The summed E-state index contributed by atoms with van der Waals surface area (Å²) in [5.41, 5.74) is 1.07. The van der Waals surface area contributed by atoms with Crippen LogP contribution in [-0.2, 0) is 10.0 Å². The third-order valence-corrected chi connectivity index (χ3v) is 8.01. The molecular weight excluding hydrogens is 431 g/mol. The van der Waals surface area contributed by atoms with Crippen molar-refractivity contribution in [3.05, 3.63) is 59.9 Å². The largest absolute Gasteiger partial charge is 0.367 e. The number of sulfonamides is 1. The Bertz CT molecular complexity index is 1030. The number of nitrogens with zero attached hydrogens (tertiary/aromatic N) is 3. The molecule has 0 bridgehead atoms. The number of piperazine rings is 1. The maximum absolute atomic E-state index is 14.0. The molecule has 0 atom stereocenters. The number of benzene rings is 2. The number of hydrogen-bond acceptors (Lipinski definition) is 5. The van der Waals surface area contributed by atoms with E-state index in [1.807, 2.05) is 11.0 Å². The minimum Gasteiger partial charge on any atom is -0.367 e. The molecule has 2 aliphatic rings. The van der Waals surface area contributed by atoms with Crippen LogP contribution in [0.15, 0.2) is 53.4 Å². The molecule has 0 aromatic heterocycles. The Kier molecular flexibility index (Phi) is 7.07. The molecule has 0 radical (unpaired) electrons. The van der Waals surface area contributed by atoms with Crippen LogP contribution >= 0.6 is 0 Å². The van der Waals surface area contributed by atoms with Crippen molar-refractivity contribution in [1.82, 2.24) is 14.5 Å². The Balaban J connectivity index is 1.23. The van der Waals surface area contributed by atoms with E-state index in [9.17, 15) is 17.6 Å². The molecule has 0 saturated carbocycles. The molecule has 32 heavy (non-hydrogen) atoms. The van der Waals surface area contributed by atoms with Gasteiger partial charge in [0.2, 0.25) is 10.0 Å². The van der Waals surface area contributed by atoms with Crippen LogP contribution in [0.2, 0.25) is 0 Å². The number of carbonyl (C=O) groups is 1. The highest BCUT2D eigenvalue weighted by molar-refractivity contribution is 7.89. The fraction of sp³-hybridized carbons (Fsp3) is 0.435. The molecule has 0 aliphatic carbocycles. The van der Waals surface area contributed by atoms with Crippen LogP contribution < -0.4 is 10.2 Å². The number of nitrogens with one attached hydrogen (secondary N) is 1. The van der Waals surface area contributed by atoms with Crippen LogP contribution in [0.4, 0.5) is 10.1 Å². The number of para-hydroxylation sites is 1. The van der Waals surface area contributed by atoms with Gasteiger partial charge in [0, 0.05) is 57.9 Å². The lowest BCUT2D eigenvalue weighted by molar-refractivity contribution is 0.0947. The fourth-order valence-electron chi connectivity index (χ4n) is 4.21. The fourth-order valence-corrected chi connectivity index (χ4v) is 5.72. The van der Waals surface area contributed by atoms with Crippen LogP contribution in [0.3, 0.4) is 0 Å². The molecule has 4 rings (SSSR count). The first-order valence-corrected chi connectivity index (χ1v) is 12.5. The van der Waals surface area contributed by atoms with Gasteiger partial charge in [-0.1, -0.05) is 12.1 Å². The van der Waals surface area contributed by atoms with Crippen LogP contribution in [0.25, 0.3) is 0 Å². The molecule has 0 unspecified atom stereocenters. The van der Waals surface area contributed by atoms with E-state index in [-0.39, 0.29) is 16.6 Å². The summed E-state index contributed by atoms with van der Waals surface area (Å²) in [7, 11) is -3.47. The summed E-state index contributed by atoms with van der Waals surface area (Å²) in [6.45, 7) is 5.38. The maximum Gasteiger partial charge on any atom is 0.251 e. The molecule has 1 N–H and O–H groups in total. The van der Waals surface area contributed by atoms with Crippen LogP contribution in [-0.4, -0.2) is 75.9 Å². The van der Waals surface area contributed by atoms with Crippen LogP contribution in [0.1, 0.15) is 23.2 Å². The molecule has 172 valence electrons. The number of amides is 1. The van der Waals surface area contributed by atoms with Gasteiger partial charge in [-0.25, -0.2) is 12.8 Å². The second-order valence-corrected chi connectivity index (χ2v) is 10.1. The zero-order valence-corrected chi connectivity index (χ0v) is 18.9. The van der Waals surface area contributed by atoms with E-state index < -0.39 is 10.0 Å². The van der Waals surface area contributed by atoms with Crippen LogP contribution in [0.5, 0.6) is 0 Å². The van der Waals surface area contributed by atoms with Gasteiger partial charge in [0.1, 0.15) is 5.82 Å². The molecule has 1 amide bonds. The van der Waals surface area contributed by atoms with E-state index in [0.717, 1.165) is 39.0 Å². The van der Waals surface area contributed by atoms with Gasteiger partial charge in [-0.05, 0) is 49.2 Å². The van der Waals surface area contributed by atoms with Crippen molar-refractivity contribution in [3.63, 3.8) is 0 Å². The molecule has 2 aromatic rings. The lowest BCUT2D eigenvalue weighted by atomic mass is 10.2. The summed E-state index contributed by atoms with van der Waals surface area (Å²) in [5.74, 6) is -0.424. The molecule has 0 spiro atoms. The first-order valence-electron chi connectivity index (χ1n) is 11.1. The molecule has 7 nitrogen and oxygen atoms in total. The highest BCUT2D eigenvalue weighted by atomic mass is 32.2. The first kappa shape index (κ1) is 22.7. The summed E-state index contributed by atoms with van der Waals surface area (Å²) >= 11 is 0. The van der Waals surface area contributed by atoms with Gasteiger partial charge in [-0.15, -0.1) is 0 Å². The van der Waals surface area contributed by atoms with Gasteiger partial charge in [-0.2, -0.15) is 4.31 Å². The van der Waals surface area contributed by atoms with Crippen LogP contribution in [0, 0.1) is 5.82 Å². The molecule has 2 fully saturated rings. The summed E-state index contributed by atoms with van der Waals surface area (Å²) in [6, 6.07) is 12.9.